The third-order valence-electron chi connectivity index (χ3n) is 5.98. The Bertz CT molecular complexity index is 472. The summed E-state index contributed by atoms with van der Waals surface area (Å²) in [6, 6.07) is 0. The molecule has 0 fully saturated rings. The highest BCUT2D eigenvalue weighted by atomic mass is 16.5. The SMILES string of the molecule is CO[C@H](CCCCCCC(C)(C)C(=O)O)[C@H](O)CCCCCCC(C)(C)C(=O)O. The van der Waals surface area contributed by atoms with Gasteiger partial charge in [0.25, 0.3) is 0 Å². The zero-order chi connectivity index (χ0) is 22.5. The van der Waals surface area contributed by atoms with Crippen LogP contribution in [0, 0.1) is 10.8 Å². The normalized spacial score (nSPS) is 14.6. The monoisotopic (exact) mass is 416 g/mol. The lowest BCUT2D eigenvalue weighted by atomic mass is 9.87. The number of carboxylic acids is 2. The number of aliphatic hydroxyl groups excluding tert-OH is 1. The Balaban J connectivity index is 3.86. The summed E-state index contributed by atoms with van der Waals surface area (Å²) in [6.07, 6.45) is 9.90. The van der Waals surface area contributed by atoms with Gasteiger partial charge in [-0.25, -0.2) is 0 Å². The van der Waals surface area contributed by atoms with Crippen LogP contribution in [-0.4, -0.2) is 46.6 Å². The van der Waals surface area contributed by atoms with E-state index >= 15 is 0 Å². The molecule has 0 aliphatic heterocycles. The van der Waals surface area contributed by atoms with Crippen molar-refractivity contribution in [2.75, 3.05) is 7.11 Å². The Kier molecular flexibility index (Phi) is 13.4. The molecule has 0 aromatic rings. The highest BCUT2D eigenvalue weighted by Crippen LogP contribution is 2.25. The molecule has 0 spiro atoms. The van der Waals surface area contributed by atoms with E-state index < -0.39 is 28.9 Å². The number of rotatable bonds is 18. The molecule has 0 heterocycles. The molecule has 0 saturated carbocycles. The van der Waals surface area contributed by atoms with Gasteiger partial charge in [-0.1, -0.05) is 51.4 Å². The first-order valence-electron chi connectivity index (χ1n) is 11.1. The van der Waals surface area contributed by atoms with Gasteiger partial charge >= 0.3 is 11.9 Å². The highest BCUT2D eigenvalue weighted by Gasteiger charge is 2.27. The number of aliphatic carboxylic acids is 2. The summed E-state index contributed by atoms with van der Waals surface area (Å²) in [6.45, 7) is 7.05. The summed E-state index contributed by atoms with van der Waals surface area (Å²) in [5.41, 5.74) is -1.32. The van der Waals surface area contributed by atoms with E-state index in [-0.39, 0.29) is 6.10 Å². The van der Waals surface area contributed by atoms with Crippen molar-refractivity contribution in [1.82, 2.24) is 0 Å². The number of hydrogen-bond acceptors (Lipinski definition) is 4. The summed E-state index contributed by atoms with van der Waals surface area (Å²) in [4.78, 5) is 22.2. The molecule has 0 unspecified atom stereocenters. The second-order valence-corrected chi connectivity index (χ2v) is 9.63. The standard InChI is InChI=1S/C23H44O6/c1-22(2,20(25)26)16-12-8-6-10-14-18(24)19(29-5)15-11-7-9-13-17-23(3,4)21(27)28/h18-19,24H,6-17H2,1-5H3,(H,25,26)(H,27,28)/t18-,19-/m1/s1. The summed E-state index contributed by atoms with van der Waals surface area (Å²) < 4.78 is 5.46. The zero-order valence-corrected chi connectivity index (χ0v) is 19.2. The second kappa shape index (κ2) is 14.0. The van der Waals surface area contributed by atoms with Crippen LogP contribution in [0.3, 0.4) is 0 Å². The highest BCUT2D eigenvalue weighted by molar-refractivity contribution is 5.73. The quantitative estimate of drug-likeness (QED) is 0.263. The first-order valence-corrected chi connectivity index (χ1v) is 11.1. The summed E-state index contributed by atoms with van der Waals surface area (Å²) in [7, 11) is 1.64. The molecular weight excluding hydrogens is 372 g/mol. The zero-order valence-electron chi connectivity index (χ0n) is 19.2. The smallest absolute Gasteiger partial charge is 0.309 e. The van der Waals surface area contributed by atoms with Crippen LogP contribution in [0.25, 0.3) is 0 Å². The molecule has 0 aliphatic rings. The molecule has 6 nitrogen and oxygen atoms in total. The Morgan fingerprint density at radius 3 is 1.48 bits per heavy atom. The van der Waals surface area contributed by atoms with Crippen LogP contribution in [-0.2, 0) is 14.3 Å². The molecule has 6 heteroatoms. The van der Waals surface area contributed by atoms with Crippen molar-refractivity contribution in [3.8, 4) is 0 Å². The van der Waals surface area contributed by atoms with Crippen LogP contribution < -0.4 is 0 Å². The maximum absolute atomic E-state index is 11.1. The lowest BCUT2D eigenvalue weighted by Gasteiger charge is -2.22. The molecule has 172 valence electrons. The average Bonchev–Trinajstić information content (AvgIpc) is 2.63. The van der Waals surface area contributed by atoms with Gasteiger partial charge in [-0.15, -0.1) is 0 Å². The average molecular weight is 417 g/mol. The molecule has 0 saturated heterocycles. The molecule has 29 heavy (non-hydrogen) atoms. The fraction of sp³-hybridized carbons (Fsp3) is 0.913. The molecular formula is C23H44O6. The van der Waals surface area contributed by atoms with E-state index in [2.05, 4.69) is 0 Å². The first-order chi connectivity index (χ1) is 13.4. The molecule has 0 aliphatic carbocycles. The van der Waals surface area contributed by atoms with E-state index in [1.807, 2.05) is 0 Å². The van der Waals surface area contributed by atoms with Crippen molar-refractivity contribution >= 4 is 11.9 Å². The lowest BCUT2D eigenvalue weighted by Crippen LogP contribution is -2.28. The minimum Gasteiger partial charge on any atom is -0.481 e. The number of aliphatic hydroxyl groups is 1. The first kappa shape index (κ1) is 27.9. The van der Waals surface area contributed by atoms with Crippen LogP contribution in [0.15, 0.2) is 0 Å². The Morgan fingerprint density at radius 2 is 1.10 bits per heavy atom. The fourth-order valence-corrected chi connectivity index (χ4v) is 3.41. The molecule has 0 amide bonds. The van der Waals surface area contributed by atoms with Gasteiger partial charge in [0.15, 0.2) is 0 Å². The molecule has 0 aromatic heterocycles. The van der Waals surface area contributed by atoms with E-state index in [9.17, 15) is 14.7 Å². The topological polar surface area (TPSA) is 104 Å². The van der Waals surface area contributed by atoms with E-state index in [1.54, 1.807) is 34.8 Å². The molecule has 0 bridgehead atoms. The number of carbonyl (C=O) groups is 2. The number of carboxylic acid groups (broad SMARTS) is 2. The number of hydrogen-bond donors (Lipinski definition) is 3. The van der Waals surface area contributed by atoms with Gasteiger partial charge in [-0.3, -0.25) is 9.59 Å². The summed E-state index contributed by atoms with van der Waals surface area (Å²) in [5.74, 6) is -1.49. The van der Waals surface area contributed by atoms with Crippen LogP contribution in [0.2, 0.25) is 0 Å². The van der Waals surface area contributed by atoms with Gasteiger partial charge in [0.1, 0.15) is 0 Å². The Morgan fingerprint density at radius 1 is 0.724 bits per heavy atom. The van der Waals surface area contributed by atoms with Gasteiger partial charge < -0.3 is 20.1 Å². The Labute approximate surface area is 177 Å². The van der Waals surface area contributed by atoms with Crippen molar-refractivity contribution in [3.63, 3.8) is 0 Å². The minimum atomic E-state index is -0.749. The number of ether oxygens (including phenoxy) is 1. The molecule has 0 rings (SSSR count). The van der Waals surface area contributed by atoms with Crippen LogP contribution >= 0.6 is 0 Å². The van der Waals surface area contributed by atoms with Crippen LogP contribution in [0.4, 0.5) is 0 Å². The minimum absolute atomic E-state index is 0.156. The Hall–Kier alpha value is -1.14. The largest absolute Gasteiger partial charge is 0.481 e. The maximum atomic E-state index is 11.1. The third-order valence-corrected chi connectivity index (χ3v) is 5.98. The van der Waals surface area contributed by atoms with Crippen LogP contribution in [0.5, 0.6) is 0 Å². The van der Waals surface area contributed by atoms with Crippen molar-refractivity contribution in [2.45, 2.75) is 117 Å². The second-order valence-electron chi connectivity index (χ2n) is 9.63. The number of methoxy groups -OCH3 is 1. The molecule has 0 aromatic carbocycles. The summed E-state index contributed by atoms with van der Waals surface area (Å²) >= 11 is 0. The van der Waals surface area contributed by atoms with Crippen molar-refractivity contribution in [3.05, 3.63) is 0 Å². The van der Waals surface area contributed by atoms with Crippen molar-refractivity contribution in [2.24, 2.45) is 10.8 Å². The van der Waals surface area contributed by atoms with Gasteiger partial charge in [-0.2, -0.15) is 0 Å². The molecule has 3 N–H and O–H groups in total. The van der Waals surface area contributed by atoms with Gasteiger partial charge in [0.2, 0.25) is 0 Å². The van der Waals surface area contributed by atoms with Crippen LogP contribution in [0.1, 0.15) is 105 Å². The van der Waals surface area contributed by atoms with E-state index in [0.717, 1.165) is 57.8 Å². The lowest BCUT2D eigenvalue weighted by molar-refractivity contribution is -0.148. The molecule has 0 radical (unpaired) electrons. The van der Waals surface area contributed by atoms with E-state index in [1.165, 1.54) is 0 Å². The summed E-state index contributed by atoms with van der Waals surface area (Å²) in [5, 5.41) is 28.6. The van der Waals surface area contributed by atoms with E-state index in [4.69, 9.17) is 14.9 Å². The van der Waals surface area contributed by atoms with E-state index in [0.29, 0.717) is 19.3 Å². The van der Waals surface area contributed by atoms with Gasteiger partial charge in [0.05, 0.1) is 23.0 Å². The molecule has 2 atom stereocenters. The van der Waals surface area contributed by atoms with Gasteiger partial charge in [0, 0.05) is 7.11 Å². The predicted molar refractivity (Wildman–Crippen MR) is 115 cm³/mol. The predicted octanol–water partition coefficient (Wildman–Crippen LogP) is 5.27. The maximum Gasteiger partial charge on any atom is 0.309 e. The number of unbranched alkanes of at least 4 members (excludes halogenated alkanes) is 6. The van der Waals surface area contributed by atoms with Gasteiger partial charge in [-0.05, 0) is 53.4 Å². The van der Waals surface area contributed by atoms with Crippen molar-refractivity contribution in [1.29, 1.82) is 0 Å². The fourth-order valence-electron chi connectivity index (χ4n) is 3.41. The van der Waals surface area contributed by atoms with Crippen molar-refractivity contribution < 1.29 is 29.6 Å². The third kappa shape index (κ3) is 12.2.